The quantitative estimate of drug-likeness (QED) is 0.321. The minimum atomic E-state index is -0.651. The van der Waals surface area contributed by atoms with E-state index in [1.54, 1.807) is 23.9 Å². The summed E-state index contributed by atoms with van der Waals surface area (Å²) in [5, 5.41) is 14.4. The summed E-state index contributed by atoms with van der Waals surface area (Å²) in [6.07, 6.45) is 5.95. The smallest absolute Gasteiger partial charge is 0.297 e. The number of rotatable bonds is 6. The van der Waals surface area contributed by atoms with Crippen LogP contribution in [0.5, 0.6) is 5.75 Å². The number of imidazole rings is 1. The summed E-state index contributed by atoms with van der Waals surface area (Å²) in [5.41, 5.74) is 3.30. The summed E-state index contributed by atoms with van der Waals surface area (Å²) in [5.74, 6) is -1.00. The molecule has 40 heavy (non-hydrogen) atoms. The van der Waals surface area contributed by atoms with Gasteiger partial charge < -0.3 is 10.0 Å². The Hall–Kier alpha value is -3.83. The molecule has 0 aliphatic carbocycles. The van der Waals surface area contributed by atoms with Gasteiger partial charge in [0.1, 0.15) is 11.6 Å². The summed E-state index contributed by atoms with van der Waals surface area (Å²) in [6.45, 7) is 2.49. The molecule has 1 N–H and O–H groups in total. The number of phenolic OH excluding ortho intramolecular Hbond substituents is 1. The van der Waals surface area contributed by atoms with E-state index in [0.717, 1.165) is 41.1 Å². The lowest BCUT2D eigenvalue weighted by atomic mass is 10.0. The van der Waals surface area contributed by atoms with Gasteiger partial charge in [0.15, 0.2) is 22.9 Å². The van der Waals surface area contributed by atoms with Crippen LogP contribution in [-0.4, -0.2) is 62.1 Å². The monoisotopic (exact) mass is 562 g/mol. The molecular weight excluding hydrogens is 534 g/mol. The molecule has 4 heterocycles. The number of fused-ring (bicyclic) bond motifs is 1. The highest BCUT2D eigenvalue weighted by Gasteiger charge is 2.30. The summed E-state index contributed by atoms with van der Waals surface area (Å²) in [6, 6.07) is 12.9. The SMILES string of the molecule is CSc1ccc(F)cc1[C@H]1CCCN1c1ccc2ncc(C(=O)/N=C3/CCN(Cc4ccc(F)c(O)c4)C3)n2n1. The molecule has 8 nitrogen and oxygen atoms in total. The third kappa shape index (κ3) is 5.18. The van der Waals surface area contributed by atoms with Gasteiger partial charge in [0.05, 0.1) is 12.2 Å². The van der Waals surface area contributed by atoms with E-state index in [0.29, 0.717) is 37.5 Å². The van der Waals surface area contributed by atoms with Crippen molar-refractivity contribution >= 4 is 34.8 Å². The number of hydrogen-bond acceptors (Lipinski definition) is 7. The number of carbonyl (C=O) groups is 1. The molecule has 0 saturated carbocycles. The maximum absolute atomic E-state index is 14.2. The van der Waals surface area contributed by atoms with Crippen LogP contribution in [0.2, 0.25) is 0 Å². The first-order valence-corrected chi connectivity index (χ1v) is 14.4. The van der Waals surface area contributed by atoms with E-state index < -0.39 is 11.7 Å². The average Bonchev–Trinajstić information content (AvgIpc) is 3.70. The second kappa shape index (κ2) is 11.0. The molecule has 0 spiro atoms. The minimum Gasteiger partial charge on any atom is -0.505 e. The van der Waals surface area contributed by atoms with Gasteiger partial charge in [-0.15, -0.1) is 16.9 Å². The predicted molar refractivity (Wildman–Crippen MR) is 150 cm³/mol. The summed E-state index contributed by atoms with van der Waals surface area (Å²) < 4.78 is 29.1. The Morgan fingerprint density at radius 2 is 2.02 bits per heavy atom. The van der Waals surface area contributed by atoms with Crippen LogP contribution < -0.4 is 4.90 Å². The van der Waals surface area contributed by atoms with E-state index in [9.17, 15) is 18.7 Å². The van der Waals surface area contributed by atoms with Crippen LogP contribution in [0.1, 0.15) is 46.9 Å². The zero-order chi connectivity index (χ0) is 27.8. The Kier molecular flexibility index (Phi) is 7.24. The molecule has 2 aliphatic rings. The number of halogens is 2. The molecule has 11 heteroatoms. The number of amides is 1. The number of likely N-dealkylation sites (tertiary alicyclic amines) is 1. The van der Waals surface area contributed by atoms with Gasteiger partial charge in [0, 0.05) is 36.8 Å². The maximum atomic E-state index is 14.2. The first kappa shape index (κ1) is 26.4. The standard InChI is InChI=1S/C29H28F2N6O2S/c1-40-26-7-5-19(30)14-21(26)23-3-2-11-36(23)28-9-8-27-32-15-24(37(27)34-28)29(39)33-20-10-12-35(17-20)16-18-4-6-22(31)25(38)13-18/h4-9,13-15,23,38H,2-3,10-12,16-17H2,1H3/b33-20-/t23-/m1/s1. The van der Waals surface area contributed by atoms with Crippen molar-refractivity contribution in [1.29, 1.82) is 0 Å². The van der Waals surface area contributed by atoms with Gasteiger partial charge in [-0.1, -0.05) is 6.07 Å². The topological polar surface area (TPSA) is 86.3 Å². The Labute approximate surface area is 234 Å². The highest BCUT2D eigenvalue weighted by atomic mass is 32.2. The van der Waals surface area contributed by atoms with Gasteiger partial charge in [-0.25, -0.2) is 23.3 Å². The van der Waals surface area contributed by atoms with Gasteiger partial charge in [-0.2, -0.15) is 0 Å². The second-order valence-electron chi connectivity index (χ2n) is 10.1. The zero-order valence-corrected chi connectivity index (χ0v) is 22.7. The first-order valence-electron chi connectivity index (χ1n) is 13.1. The van der Waals surface area contributed by atoms with E-state index in [-0.39, 0.29) is 23.3 Å². The van der Waals surface area contributed by atoms with Crippen molar-refractivity contribution in [2.24, 2.45) is 4.99 Å². The Balaban J connectivity index is 1.22. The molecule has 6 rings (SSSR count). The van der Waals surface area contributed by atoms with Crippen molar-refractivity contribution in [2.75, 3.05) is 30.8 Å². The van der Waals surface area contributed by atoms with Crippen LogP contribution in [0.4, 0.5) is 14.6 Å². The van der Waals surface area contributed by atoms with Gasteiger partial charge in [0.25, 0.3) is 5.91 Å². The molecule has 2 aromatic carbocycles. The molecule has 2 aromatic heterocycles. The number of phenols is 1. The normalized spacial score (nSPS) is 18.8. The van der Waals surface area contributed by atoms with E-state index >= 15 is 0 Å². The molecule has 2 fully saturated rings. The average molecular weight is 563 g/mol. The molecule has 2 saturated heterocycles. The van der Waals surface area contributed by atoms with Crippen molar-refractivity contribution in [2.45, 2.75) is 36.7 Å². The van der Waals surface area contributed by atoms with Crippen LogP contribution in [0.15, 0.2) is 64.6 Å². The number of aliphatic imine (C=N–C) groups is 1. The number of thioether (sulfide) groups is 1. The van der Waals surface area contributed by atoms with Crippen LogP contribution in [0.25, 0.3) is 5.65 Å². The Morgan fingerprint density at radius 1 is 1.15 bits per heavy atom. The largest absolute Gasteiger partial charge is 0.505 e. The predicted octanol–water partition coefficient (Wildman–Crippen LogP) is 5.26. The number of aromatic hydroxyl groups is 1. The van der Waals surface area contributed by atoms with Crippen LogP contribution in [-0.2, 0) is 6.54 Å². The van der Waals surface area contributed by atoms with Crippen molar-refractivity contribution in [3.63, 3.8) is 0 Å². The molecular formula is C29H28F2N6O2S. The fraction of sp³-hybridized carbons (Fsp3) is 0.310. The second-order valence-corrected chi connectivity index (χ2v) is 10.9. The first-order chi connectivity index (χ1) is 19.4. The molecule has 0 bridgehead atoms. The van der Waals surface area contributed by atoms with Gasteiger partial charge >= 0.3 is 0 Å². The van der Waals surface area contributed by atoms with E-state index in [2.05, 4.69) is 19.8 Å². The fourth-order valence-electron chi connectivity index (χ4n) is 5.54. The van der Waals surface area contributed by atoms with Gasteiger partial charge in [0.2, 0.25) is 0 Å². The Morgan fingerprint density at radius 3 is 2.85 bits per heavy atom. The molecule has 4 aromatic rings. The van der Waals surface area contributed by atoms with E-state index in [1.165, 1.54) is 28.9 Å². The van der Waals surface area contributed by atoms with Crippen molar-refractivity contribution < 1.29 is 18.7 Å². The minimum absolute atomic E-state index is 0.0153. The van der Waals surface area contributed by atoms with Crippen molar-refractivity contribution in [3.05, 3.63) is 83.2 Å². The van der Waals surface area contributed by atoms with Gasteiger partial charge in [-0.05, 0) is 79.1 Å². The molecule has 0 radical (unpaired) electrons. The highest BCUT2D eigenvalue weighted by molar-refractivity contribution is 7.98. The highest BCUT2D eigenvalue weighted by Crippen LogP contribution is 2.39. The fourth-order valence-corrected chi connectivity index (χ4v) is 6.17. The summed E-state index contributed by atoms with van der Waals surface area (Å²) in [4.78, 5) is 27.3. The van der Waals surface area contributed by atoms with Crippen molar-refractivity contribution in [3.8, 4) is 5.75 Å². The third-order valence-corrected chi connectivity index (χ3v) is 8.28. The summed E-state index contributed by atoms with van der Waals surface area (Å²) in [7, 11) is 0. The number of anilines is 1. The number of benzene rings is 2. The van der Waals surface area contributed by atoms with Crippen LogP contribution >= 0.6 is 11.8 Å². The lowest BCUT2D eigenvalue weighted by Gasteiger charge is -2.27. The number of nitrogens with zero attached hydrogens (tertiary/aromatic N) is 6. The van der Waals surface area contributed by atoms with E-state index in [1.807, 2.05) is 24.5 Å². The van der Waals surface area contributed by atoms with E-state index in [4.69, 9.17) is 5.10 Å². The molecule has 2 aliphatic heterocycles. The molecule has 1 amide bonds. The van der Waals surface area contributed by atoms with Crippen LogP contribution in [0.3, 0.4) is 0 Å². The maximum Gasteiger partial charge on any atom is 0.297 e. The van der Waals surface area contributed by atoms with Crippen LogP contribution in [0, 0.1) is 11.6 Å². The molecule has 1 atom stereocenters. The zero-order valence-electron chi connectivity index (χ0n) is 21.9. The van der Waals surface area contributed by atoms with Crippen molar-refractivity contribution in [1.82, 2.24) is 19.5 Å². The summed E-state index contributed by atoms with van der Waals surface area (Å²) >= 11 is 1.60. The number of hydrogen-bond donors (Lipinski definition) is 1. The Bertz CT molecular complexity index is 1620. The molecule has 0 unspecified atom stereocenters. The number of aromatic nitrogens is 3. The number of carbonyl (C=O) groups excluding carboxylic acids is 1. The van der Waals surface area contributed by atoms with Gasteiger partial charge in [-0.3, -0.25) is 9.69 Å². The third-order valence-electron chi connectivity index (χ3n) is 7.46. The lowest BCUT2D eigenvalue weighted by molar-refractivity contribution is 0.0996. The molecule has 206 valence electrons. The lowest BCUT2D eigenvalue weighted by Crippen LogP contribution is -2.25.